The molecule has 16 heavy (non-hydrogen) atoms. The second-order valence-electron chi connectivity index (χ2n) is 3.03. The summed E-state index contributed by atoms with van der Waals surface area (Å²) in [5.74, 6) is -2.43. The van der Waals surface area contributed by atoms with Gasteiger partial charge in [-0.15, -0.1) is 0 Å². The van der Waals surface area contributed by atoms with Crippen molar-refractivity contribution in [2.45, 2.75) is 6.92 Å². The van der Waals surface area contributed by atoms with Crippen LogP contribution in [0.4, 0.5) is 14.5 Å². The Labute approximate surface area is 89.3 Å². The Morgan fingerprint density at radius 1 is 1.38 bits per heavy atom. The Hall–Kier alpha value is -2.11. The largest absolute Gasteiger partial charge is 0.307 e. The first-order chi connectivity index (χ1) is 7.41. The number of hydrogen-bond acceptors (Lipinski definition) is 3. The zero-order valence-corrected chi connectivity index (χ0v) is 8.24. The zero-order valence-electron chi connectivity index (χ0n) is 8.24. The zero-order chi connectivity index (χ0) is 12.3. The van der Waals surface area contributed by atoms with Gasteiger partial charge >= 0.3 is 5.69 Å². The molecule has 0 aliphatic carbocycles. The van der Waals surface area contributed by atoms with E-state index in [2.05, 4.69) is 0 Å². The molecule has 0 heterocycles. The molecule has 1 rings (SSSR count). The number of ketones is 1. The number of carbonyl (C=O) groups excluding carboxylic acids is 1. The van der Waals surface area contributed by atoms with Crippen LogP contribution in [0.25, 0.3) is 6.08 Å². The van der Waals surface area contributed by atoms with Gasteiger partial charge in [-0.25, -0.2) is 4.39 Å². The molecule has 1 aromatic rings. The Morgan fingerprint density at radius 2 is 2.00 bits per heavy atom. The van der Waals surface area contributed by atoms with Gasteiger partial charge in [-0.05, 0) is 25.1 Å². The minimum atomic E-state index is -1.14. The molecule has 0 aliphatic rings. The second kappa shape index (κ2) is 4.61. The summed E-state index contributed by atoms with van der Waals surface area (Å²) in [7, 11) is 0. The number of nitro benzene ring substituents is 1. The maximum Gasteiger partial charge on any atom is 0.307 e. The van der Waals surface area contributed by atoms with E-state index in [0.717, 1.165) is 12.2 Å². The van der Waals surface area contributed by atoms with Gasteiger partial charge in [0.1, 0.15) is 5.82 Å². The summed E-state index contributed by atoms with van der Waals surface area (Å²) in [4.78, 5) is 19.8. The summed E-state index contributed by atoms with van der Waals surface area (Å²) >= 11 is 0. The maximum absolute atomic E-state index is 13.2. The molecular formula is C10H7F2NO3. The van der Waals surface area contributed by atoms with Crippen LogP contribution in [0.1, 0.15) is 12.5 Å². The second-order valence-corrected chi connectivity index (χ2v) is 3.03. The van der Waals surface area contributed by atoms with Crippen molar-refractivity contribution in [2.24, 2.45) is 0 Å². The normalized spacial score (nSPS) is 10.7. The number of hydrogen-bond donors (Lipinski definition) is 0. The molecule has 0 spiro atoms. The highest BCUT2D eigenvalue weighted by atomic mass is 19.1. The fraction of sp³-hybridized carbons (Fsp3) is 0.100. The first-order valence-electron chi connectivity index (χ1n) is 4.24. The first kappa shape index (κ1) is 12.0. The lowest BCUT2D eigenvalue weighted by atomic mass is 10.1. The average molecular weight is 227 g/mol. The van der Waals surface area contributed by atoms with E-state index in [-0.39, 0.29) is 11.3 Å². The molecule has 0 aliphatic heterocycles. The van der Waals surface area contributed by atoms with Crippen LogP contribution in [-0.2, 0) is 4.79 Å². The molecule has 0 atom stereocenters. The Morgan fingerprint density at radius 3 is 2.50 bits per heavy atom. The van der Waals surface area contributed by atoms with Crippen molar-refractivity contribution in [3.63, 3.8) is 0 Å². The standard InChI is InChI=1S/C10H7F2NO3/c1-6(14)2-3-7-4-9(12)10(13(15)16)5-8(7)11/h2-5H,1H3/b3-2+. The molecule has 0 fully saturated rings. The van der Waals surface area contributed by atoms with Crippen LogP contribution in [0.15, 0.2) is 18.2 Å². The van der Waals surface area contributed by atoms with Gasteiger partial charge in [0.2, 0.25) is 5.82 Å². The predicted octanol–water partition coefficient (Wildman–Crippen LogP) is 2.48. The van der Waals surface area contributed by atoms with E-state index in [9.17, 15) is 23.7 Å². The molecule has 0 aromatic heterocycles. The van der Waals surface area contributed by atoms with E-state index in [1.165, 1.54) is 6.92 Å². The highest BCUT2D eigenvalue weighted by molar-refractivity contribution is 5.91. The smallest absolute Gasteiger partial charge is 0.295 e. The fourth-order valence-electron chi connectivity index (χ4n) is 1.03. The topological polar surface area (TPSA) is 60.2 Å². The third kappa shape index (κ3) is 2.69. The highest BCUT2D eigenvalue weighted by Crippen LogP contribution is 2.22. The van der Waals surface area contributed by atoms with Gasteiger partial charge in [-0.3, -0.25) is 14.9 Å². The lowest BCUT2D eigenvalue weighted by Crippen LogP contribution is -1.95. The van der Waals surface area contributed by atoms with E-state index < -0.39 is 22.2 Å². The van der Waals surface area contributed by atoms with Gasteiger partial charge in [0.15, 0.2) is 5.78 Å². The summed E-state index contributed by atoms with van der Waals surface area (Å²) in [5, 5.41) is 10.3. The van der Waals surface area contributed by atoms with Gasteiger partial charge in [-0.2, -0.15) is 4.39 Å². The molecule has 0 unspecified atom stereocenters. The quantitative estimate of drug-likeness (QED) is 0.452. The summed E-state index contributed by atoms with van der Waals surface area (Å²) in [6, 6.07) is 1.15. The van der Waals surface area contributed by atoms with Crippen LogP contribution in [0, 0.1) is 21.7 Å². The first-order valence-corrected chi connectivity index (χ1v) is 4.24. The molecule has 0 N–H and O–H groups in total. The van der Waals surface area contributed by atoms with Crippen LogP contribution < -0.4 is 0 Å². The summed E-state index contributed by atoms with van der Waals surface area (Å²) in [6.45, 7) is 1.25. The van der Waals surface area contributed by atoms with E-state index in [4.69, 9.17) is 0 Å². The van der Waals surface area contributed by atoms with Crippen LogP contribution in [0.2, 0.25) is 0 Å². The molecule has 0 amide bonds. The SMILES string of the molecule is CC(=O)/C=C/c1cc(F)c([N+](=O)[O-])cc1F. The van der Waals surface area contributed by atoms with Gasteiger partial charge in [0.25, 0.3) is 0 Å². The Kier molecular flexibility index (Phi) is 3.44. The molecule has 4 nitrogen and oxygen atoms in total. The lowest BCUT2D eigenvalue weighted by molar-refractivity contribution is -0.387. The van der Waals surface area contributed by atoms with Gasteiger partial charge < -0.3 is 0 Å². The molecule has 0 saturated carbocycles. The lowest BCUT2D eigenvalue weighted by Gasteiger charge is -1.98. The van der Waals surface area contributed by atoms with Crippen molar-refractivity contribution < 1.29 is 18.5 Å². The van der Waals surface area contributed by atoms with Gasteiger partial charge in [0.05, 0.1) is 11.0 Å². The summed E-state index contributed by atoms with van der Waals surface area (Å²) < 4.78 is 26.3. The fourth-order valence-corrected chi connectivity index (χ4v) is 1.03. The number of halogens is 2. The van der Waals surface area contributed by atoms with Crippen LogP contribution in [-0.4, -0.2) is 10.7 Å². The van der Waals surface area contributed by atoms with E-state index in [1.54, 1.807) is 0 Å². The van der Waals surface area contributed by atoms with E-state index >= 15 is 0 Å². The van der Waals surface area contributed by atoms with Crippen LogP contribution in [0.5, 0.6) is 0 Å². The Bertz CT molecular complexity index is 483. The van der Waals surface area contributed by atoms with E-state index in [0.29, 0.717) is 12.1 Å². The predicted molar refractivity (Wildman–Crippen MR) is 52.7 cm³/mol. The van der Waals surface area contributed by atoms with Crippen molar-refractivity contribution in [3.8, 4) is 0 Å². The number of nitrogens with zero attached hydrogens (tertiary/aromatic N) is 1. The van der Waals surface area contributed by atoms with Crippen molar-refractivity contribution in [1.29, 1.82) is 0 Å². The number of benzene rings is 1. The van der Waals surface area contributed by atoms with Gasteiger partial charge in [-0.1, -0.05) is 0 Å². The average Bonchev–Trinajstić information content (AvgIpc) is 2.18. The number of rotatable bonds is 3. The van der Waals surface area contributed by atoms with E-state index in [1.807, 2.05) is 0 Å². The third-order valence-corrected chi connectivity index (χ3v) is 1.76. The summed E-state index contributed by atoms with van der Waals surface area (Å²) in [5.41, 5.74) is -1.14. The third-order valence-electron chi connectivity index (χ3n) is 1.76. The summed E-state index contributed by atoms with van der Waals surface area (Å²) in [6.07, 6.45) is 2.11. The maximum atomic E-state index is 13.2. The molecule has 0 radical (unpaired) electrons. The Balaban J connectivity index is 3.20. The highest BCUT2D eigenvalue weighted by Gasteiger charge is 2.17. The number of allylic oxidation sites excluding steroid dienone is 1. The minimum Gasteiger partial charge on any atom is -0.295 e. The minimum absolute atomic E-state index is 0.210. The van der Waals surface area contributed by atoms with Crippen molar-refractivity contribution in [2.75, 3.05) is 0 Å². The molecule has 0 bridgehead atoms. The molecule has 1 aromatic carbocycles. The number of nitro groups is 1. The van der Waals surface area contributed by atoms with Crippen molar-refractivity contribution in [1.82, 2.24) is 0 Å². The number of carbonyl (C=O) groups is 1. The molecule has 6 heteroatoms. The van der Waals surface area contributed by atoms with Gasteiger partial charge in [0, 0.05) is 5.56 Å². The molecule has 84 valence electrons. The molecule has 0 saturated heterocycles. The molecular weight excluding hydrogens is 220 g/mol. The van der Waals surface area contributed by atoms with Crippen LogP contribution >= 0.6 is 0 Å². The van der Waals surface area contributed by atoms with Crippen molar-refractivity contribution in [3.05, 3.63) is 45.5 Å². The monoisotopic (exact) mass is 227 g/mol. The van der Waals surface area contributed by atoms with Crippen LogP contribution in [0.3, 0.4) is 0 Å². The van der Waals surface area contributed by atoms with Crippen molar-refractivity contribution >= 4 is 17.5 Å².